The summed E-state index contributed by atoms with van der Waals surface area (Å²) in [4.78, 5) is 37.7. The third-order valence-corrected chi connectivity index (χ3v) is 6.00. The first-order valence-corrected chi connectivity index (χ1v) is 11.9. The van der Waals surface area contributed by atoms with Gasteiger partial charge in [0.05, 0.1) is 22.3 Å². The molecule has 0 aliphatic carbocycles. The van der Waals surface area contributed by atoms with Crippen LogP contribution in [0.25, 0.3) is 22.4 Å². The zero-order chi connectivity index (χ0) is 24.5. The fourth-order valence-corrected chi connectivity index (χ4v) is 4.29. The minimum Gasteiger partial charge on any atom is -0.333 e. The van der Waals surface area contributed by atoms with E-state index in [2.05, 4.69) is 27.8 Å². The number of aromatic nitrogens is 4. The molecule has 2 aromatic heterocycles. The van der Waals surface area contributed by atoms with E-state index in [1.807, 2.05) is 57.2 Å². The lowest BCUT2D eigenvalue weighted by Crippen LogP contribution is -2.48. The van der Waals surface area contributed by atoms with Crippen LogP contribution in [0.15, 0.2) is 58.5 Å². The van der Waals surface area contributed by atoms with Gasteiger partial charge in [0.15, 0.2) is 5.16 Å². The predicted octanol–water partition coefficient (Wildman–Crippen LogP) is 3.31. The van der Waals surface area contributed by atoms with E-state index in [4.69, 9.17) is 0 Å². The van der Waals surface area contributed by atoms with Gasteiger partial charge in [0.1, 0.15) is 0 Å². The Morgan fingerprint density at radius 1 is 1.03 bits per heavy atom. The minimum atomic E-state index is -0.556. The summed E-state index contributed by atoms with van der Waals surface area (Å²) in [7, 11) is 0. The number of aryl methyl sites for hydroxylation is 1. The molecule has 10 heteroatoms. The molecule has 0 unspecified atom stereocenters. The number of amides is 3. The first kappa shape index (κ1) is 23.5. The summed E-state index contributed by atoms with van der Waals surface area (Å²) in [6.07, 6.45) is 0.893. The van der Waals surface area contributed by atoms with Crippen molar-refractivity contribution < 1.29 is 9.59 Å². The van der Waals surface area contributed by atoms with Gasteiger partial charge in [0.25, 0.3) is 5.56 Å². The number of carbonyl (C=O) groups is 2. The van der Waals surface area contributed by atoms with E-state index in [1.54, 1.807) is 16.5 Å². The highest BCUT2D eigenvalue weighted by molar-refractivity contribution is 7.99. The molecule has 0 fully saturated rings. The van der Waals surface area contributed by atoms with Crippen LogP contribution in [0.1, 0.15) is 33.3 Å². The van der Waals surface area contributed by atoms with Gasteiger partial charge in [-0.2, -0.15) is 0 Å². The highest BCUT2D eigenvalue weighted by atomic mass is 32.2. The van der Waals surface area contributed by atoms with E-state index in [0.717, 1.165) is 23.7 Å². The topological polar surface area (TPSA) is 110 Å². The Bertz CT molecular complexity index is 1430. The van der Waals surface area contributed by atoms with Crippen LogP contribution in [0.5, 0.6) is 0 Å². The van der Waals surface area contributed by atoms with Crippen molar-refractivity contribution >= 4 is 40.4 Å². The van der Waals surface area contributed by atoms with Gasteiger partial charge in [-0.05, 0) is 57.0 Å². The summed E-state index contributed by atoms with van der Waals surface area (Å²) in [5.74, 6) is -0.158. The Kier molecular flexibility index (Phi) is 6.43. The average Bonchev–Trinajstić information content (AvgIpc) is 3.21. The van der Waals surface area contributed by atoms with Crippen LogP contribution in [0, 0.1) is 0 Å². The smallest absolute Gasteiger partial charge is 0.321 e. The summed E-state index contributed by atoms with van der Waals surface area (Å²) in [6.45, 7) is 7.55. The molecule has 4 aromatic rings. The lowest BCUT2D eigenvalue weighted by Gasteiger charge is -2.20. The molecule has 176 valence electrons. The lowest BCUT2D eigenvalue weighted by molar-refractivity contribution is -0.117. The molecule has 0 aliphatic rings. The van der Waals surface area contributed by atoms with Crippen molar-refractivity contribution in [2.24, 2.45) is 0 Å². The number of rotatable bonds is 5. The molecular formula is C24H26N6O3S. The number of urea groups is 1. The molecule has 0 atom stereocenters. The minimum absolute atomic E-state index is 0.0446. The number of nitrogens with zero attached hydrogens (tertiary/aromatic N) is 4. The molecule has 3 amide bonds. The Labute approximate surface area is 200 Å². The second-order valence-electron chi connectivity index (χ2n) is 8.84. The molecule has 9 nitrogen and oxygen atoms in total. The van der Waals surface area contributed by atoms with Crippen molar-refractivity contribution in [3.05, 3.63) is 64.4 Å². The van der Waals surface area contributed by atoms with Crippen molar-refractivity contribution in [3.63, 3.8) is 0 Å². The Balaban J connectivity index is 1.71. The third-order valence-electron chi connectivity index (χ3n) is 5.07. The summed E-state index contributed by atoms with van der Waals surface area (Å²) in [5, 5.41) is 14.5. The number of hydrogen-bond donors (Lipinski definition) is 2. The average molecular weight is 479 g/mol. The van der Waals surface area contributed by atoms with Gasteiger partial charge >= 0.3 is 6.03 Å². The maximum absolute atomic E-state index is 13.4. The number of para-hydroxylation sites is 1. The molecule has 0 radical (unpaired) electrons. The molecule has 2 N–H and O–H groups in total. The van der Waals surface area contributed by atoms with Gasteiger partial charge < -0.3 is 5.32 Å². The number of carbonyl (C=O) groups excluding carboxylic acids is 2. The van der Waals surface area contributed by atoms with Crippen molar-refractivity contribution in [1.82, 2.24) is 29.8 Å². The molecule has 2 heterocycles. The molecule has 34 heavy (non-hydrogen) atoms. The molecule has 0 spiro atoms. The number of fused-ring (bicyclic) bond motifs is 3. The fraction of sp³-hybridized carbons (Fsp3) is 0.292. The van der Waals surface area contributed by atoms with Gasteiger partial charge in [-0.3, -0.25) is 19.3 Å². The third kappa shape index (κ3) is 4.81. The number of imide groups is 1. The van der Waals surface area contributed by atoms with E-state index < -0.39 is 17.5 Å². The number of benzene rings is 2. The van der Waals surface area contributed by atoms with Gasteiger partial charge in [-0.1, -0.05) is 43.0 Å². The van der Waals surface area contributed by atoms with Gasteiger partial charge in [-0.25, -0.2) is 9.36 Å². The maximum Gasteiger partial charge on any atom is 0.321 e. The van der Waals surface area contributed by atoms with Crippen LogP contribution in [-0.2, 0) is 11.2 Å². The SMILES string of the molecule is CCc1ccc(-n2c(=O)c3ccccc3n3c(SCC(=O)NC(=O)NC(C)(C)C)nnc23)cc1. The number of nitrogens with one attached hydrogen (secondary N) is 2. The van der Waals surface area contributed by atoms with Crippen LogP contribution in [0.4, 0.5) is 4.79 Å². The number of hydrogen-bond acceptors (Lipinski definition) is 6. The summed E-state index contributed by atoms with van der Waals surface area (Å²) in [6, 6.07) is 14.4. The van der Waals surface area contributed by atoms with Crippen molar-refractivity contribution in [2.45, 2.75) is 44.8 Å². The molecule has 0 aliphatic heterocycles. The highest BCUT2D eigenvalue weighted by Crippen LogP contribution is 2.23. The summed E-state index contributed by atoms with van der Waals surface area (Å²) in [5.41, 5.74) is 1.82. The second kappa shape index (κ2) is 9.30. The van der Waals surface area contributed by atoms with Crippen LogP contribution < -0.4 is 16.2 Å². The standard InChI is InChI=1S/C24H26N6O3S/c1-5-15-10-12-16(13-11-15)29-20(32)17-8-6-7-9-18(17)30-22(29)27-28-23(30)34-14-19(31)25-21(33)26-24(2,3)4/h6-13H,5,14H2,1-4H3,(H2,25,26,31,33). The molecule has 4 rings (SSSR count). The van der Waals surface area contributed by atoms with Crippen molar-refractivity contribution in [2.75, 3.05) is 5.75 Å². The van der Waals surface area contributed by atoms with Gasteiger partial charge in [0.2, 0.25) is 11.7 Å². The molecule has 2 aromatic carbocycles. The molecular weight excluding hydrogens is 452 g/mol. The Morgan fingerprint density at radius 3 is 2.41 bits per heavy atom. The summed E-state index contributed by atoms with van der Waals surface area (Å²) < 4.78 is 3.29. The summed E-state index contributed by atoms with van der Waals surface area (Å²) >= 11 is 1.14. The lowest BCUT2D eigenvalue weighted by atomic mass is 10.1. The van der Waals surface area contributed by atoms with E-state index in [0.29, 0.717) is 27.5 Å². The van der Waals surface area contributed by atoms with Crippen LogP contribution in [0.2, 0.25) is 0 Å². The van der Waals surface area contributed by atoms with E-state index >= 15 is 0 Å². The first-order chi connectivity index (χ1) is 16.2. The first-order valence-electron chi connectivity index (χ1n) is 10.9. The van der Waals surface area contributed by atoms with Crippen LogP contribution >= 0.6 is 11.8 Å². The van der Waals surface area contributed by atoms with Crippen molar-refractivity contribution in [1.29, 1.82) is 0 Å². The van der Waals surface area contributed by atoms with Gasteiger partial charge in [0, 0.05) is 5.54 Å². The highest BCUT2D eigenvalue weighted by Gasteiger charge is 2.20. The Morgan fingerprint density at radius 2 is 1.74 bits per heavy atom. The zero-order valence-electron chi connectivity index (χ0n) is 19.5. The zero-order valence-corrected chi connectivity index (χ0v) is 20.3. The predicted molar refractivity (Wildman–Crippen MR) is 133 cm³/mol. The molecule has 0 bridgehead atoms. The molecule has 0 saturated carbocycles. The quantitative estimate of drug-likeness (QED) is 0.426. The van der Waals surface area contributed by atoms with E-state index in [9.17, 15) is 14.4 Å². The molecule has 0 saturated heterocycles. The normalized spacial score (nSPS) is 11.6. The maximum atomic E-state index is 13.4. The van der Waals surface area contributed by atoms with Crippen LogP contribution in [0.3, 0.4) is 0 Å². The fourth-order valence-electron chi connectivity index (χ4n) is 3.55. The van der Waals surface area contributed by atoms with E-state index in [-0.39, 0.29) is 11.3 Å². The monoisotopic (exact) mass is 478 g/mol. The van der Waals surface area contributed by atoms with Crippen LogP contribution in [-0.4, -0.2) is 42.4 Å². The Hall–Kier alpha value is -3.66. The number of thioether (sulfide) groups is 1. The van der Waals surface area contributed by atoms with Gasteiger partial charge in [-0.15, -0.1) is 10.2 Å². The largest absolute Gasteiger partial charge is 0.333 e. The van der Waals surface area contributed by atoms with Crippen molar-refractivity contribution in [3.8, 4) is 5.69 Å². The second-order valence-corrected chi connectivity index (χ2v) is 9.78. The van der Waals surface area contributed by atoms with E-state index in [1.165, 1.54) is 4.57 Å².